The number of pyridine rings is 1. The summed E-state index contributed by atoms with van der Waals surface area (Å²) < 4.78 is 5.71. The lowest BCUT2D eigenvalue weighted by molar-refractivity contribution is 0.0525. The van der Waals surface area contributed by atoms with Gasteiger partial charge in [-0.2, -0.15) is 0 Å². The van der Waals surface area contributed by atoms with Gasteiger partial charge in [0.05, 0.1) is 12.2 Å². The Morgan fingerprint density at radius 2 is 2.24 bits per heavy atom. The van der Waals surface area contributed by atoms with Gasteiger partial charge in [0.1, 0.15) is 5.03 Å². The van der Waals surface area contributed by atoms with E-state index in [1.807, 2.05) is 13.8 Å². The van der Waals surface area contributed by atoms with Gasteiger partial charge in [-0.25, -0.2) is 9.78 Å². The van der Waals surface area contributed by atoms with Crippen molar-refractivity contribution in [3.63, 3.8) is 0 Å². The highest BCUT2D eigenvalue weighted by Crippen LogP contribution is 2.30. The highest BCUT2D eigenvalue weighted by Gasteiger charge is 2.10. The van der Waals surface area contributed by atoms with Crippen molar-refractivity contribution in [1.82, 2.24) is 15.2 Å². The van der Waals surface area contributed by atoms with Crippen LogP contribution in [0.2, 0.25) is 0 Å². The van der Waals surface area contributed by atoms with E-state index in [2.05, 4.69) is 20.5 Å². The Morgan fingerprint density at radius 1 is 1.43 bits per heavy atom. The number of rotatable bonds is 6. The van der Waals surface area contributed by atoms with Gasteiger partial charge in [0.2, 0.25) is 5.13 Å². The lowest BCUT2D eigenvalue weighted by atomic mass is 10.3. The van der Waals surface area contributed by atoms with Crippen LogP contribution in [0.1, 0.15) is 31.1 Å². The highest BCUT2D eigenvalue weighted by atomic mass is 32.2. The molecule has 0 amide bonds. The predicted molar refractivity (Wildman–Crippen MR) is 83.0 cm³/mol. The molecule has 21 heavy (non-hydrogen) atoms. The molecule has 1 N–H and O–H groups in total. The van der Waals surface area contributed by atoms with Gasteiger partial charge in [-0.15, -0.1) is 10.2 Å². The van der Waals surface area contributed by atoms with Gasteiger partial charge in [0, 0.05) is 12.2 Å². The van der Waals surface area contributed by atoms with Crippen molar-refractivity contribution in [3.05, 3.63) is 23.9 Å². The largest absolute Gasteiger partial charge is 0.462 e. The smallest absolute Gasteiger partial charge is 0.339 e. The molecule has 0 saturated carbocycles. The van der Waals surface area contributed by atoms with Gasteiger partial charge in [-0.05, 0) is 44.7 Å². The summed E-state index contributed by atoms with van der Waals surface area (Å²) in [6.45, 7) is 6.22. The van der Waals surface area contributed by atoms with E-state index >= 15 is 0 Å². The lowest BCUT2D eigenvalue weighted by Gasteiger charge is -2.03. The Kier molecular flexibility index (Phi) is 5.51. The number of ether oxygens (including phenoxy) is 1. The summed E-state index contributed by atoms with van der Waals surface area (Å²) >= 11 is 2.88. The van der Waals surface area contributed by atoms with Crippen molar-refractivity contribution in [2.45, 2.75) is 36.2 Å². The summed E-state index contributed by atoms with van der Waals surface area (Å²) in [4.78, 5) is 15.8. The molecule has 2 aromatic heterocycles. The molecule has 2 rings (SSSR count). The van der Waals surface area contributed by atoms with Crippen LogP contribution < -0.4 is 5.32 Å². The maximum absolute atomic E-state index is 11.5. The standard InChI is InChI=1S/C13H16N4O2S2/c1-4-19-11(18)9-5-6-10(14-7-9)20-13-17-16-12(21-13)15-8(2)3/h5-8H,4H2,1-3H3,(H,15,16). The molecule has 0 radical (unpaired) electrons. The van der Waals surface area contributed by atoms with Crippen LogP contribution in [0.15, 0.2) is 27.7 Å². The Balaban J connectivity index is 2.00. The number of hydrogen-bond acceptors (Lipinski definition) is 8. The molecule has 0 saturated heterocycles. The van der Waals surface area contributed by atoms with E-state index in [0.717, 1.165) is 14.5 Å². The number of carbonyl (C=O) groups is 1. The van der Waals surface area contributed by atoms with Crippen molar-refractivity contribution in [2.24, 2.45) is 0 Å². The number of nitrogens with zero attached hydrogens (tertiary/aromatic N) is 3. The predicted octanol–water partition coefficient (Wildman–Crippen LogP) is 3.08. The number of anilines is 1. The van der Waals surface area contributed by atoms with Crippen molar-refractivity contribution in [2.75, 3.05) is 11.9 Å². The molecule has 0 fully saturated rings. The molecule has 0 aliphatic rings. The zero-order chi connectivity index (χ0) is 15.2. The zero-order valence-corrected chi connectivity index (χ0v) is 13.6. The molecule has 0 aliphatic carbocycles. The van der Waals surface area contributed by atoms with Gasteiger partial charge < -0.3 is 10.1 Å². The number of nitrogens with one attached hydrogen (secondary N) is 1. The average Bonchev–Trinajstić information content (AvgIpc) is 2.86. The summed E-state index contributed by atoms with van der Waals surface area (Å²) in [5.41, 5.74) is 0.445. The van der Waals surface area contributed by atoms with Crippen molar-refractivity contribution in [1.29, 1.82) is 0 Å². The molecular formula is C13H16N4O2S2. The number of esters is 1. The minimum absolute atomic E-state index is 0.317. The van der Waals surface area contributed by atoms with Crippen LogP contribution in [0.4, 0.5) is 5.13 Å². The molecule has 0 atom stereocenters. The number of carbonyl (C=O) groups excluding carboxylic acids is 1. The first-order chi connectivity index (χ1) is 10.1. The van der Waals surface area contributed by atoms with Gasteiger partial charge in [-0.3, -0.25) is 0 Å². The van der Waals surface area contributed by atoms with Crippen LogP contribution in [0.3, 0.4) is 0 Å². The van der Waals surface area contributed by atoms with E-state index in [-0.39, 0.29) is 5.97 Å². The topological polar surface area (TPSA) is 77.0 Å². The quantitative estimate of drug-likeness (QED) is 0.818. The Hall–Kier alpha value is -1.67. The van der Waals surface area contributed by atoms with E-state index < -0.39 is 0 Å². The summed E-state index contributed by atoms with van der Waals surface area (Å²) in [5, 5.41) is 12.9. The zero-order valence-electron chi connectivity index (χ0n) is 12.0. The third-order valence-electron chi connectivity index (χ3n) is 2.26. The molecule has 6 nitrogen and oxygen atoms in total. The Labute approximate surface area is 131 Å². The van der Waals surface area contributed by atoms with Crippen LogP contribution in [0, 0.1) is 0 Å². The second kappa shape index (κ2) is 7.37. The first-order valence-electron chi connectivity index (χ1n) is 6.49. The van der Waals surface area contributed by atoms with Crippen molar-refractivity contribution < 1.29 is 9.53 Å². The summed E-state index contributed by atoms with van der Waals surface area (Å²) in [6, 6.07) is 3.79. The first kappa shape index (κ1) is 15.7. The van der Waals surface area contributed by atoms with E-state index in [9.17, 15) is 4.79 Å². The number of hydrogen-bond donors (Lipinski definition) is 1. The summed E-state index contributed by atoms with van der Waals surface area (Å²) in [5.74, 6) is -0.360. The second-order valence-electron chi connectivity index (χ2n) is 4.38. The maximum atomic E-state index is 11.5. The third-order valence-corrected chi connectivity index (χ3v) is 4.11. The fraction of sp³-hybridized carbons (Fsp3) is 0.385. The van der Waals surface area contributed by atoms with Crippen molar-refractivity contribution in [3.8, 4) is 0 Å². The summed E-state index contributed by atoms with van der Waals surface area (Å²) in [6.07, 6.45) is 1.51. The van der Waals surface area contributed by atoms with Gasteiger partial charge in [-0.1, -0.05) is 11.3 Å². The minimum Gasteiger partial charge on any atom is -0.462 e. The SMILES string of the molecule is CCOC(=O)c1ccc(Sc2nnc(NC(C)C)s2)nc1. The first-order valence-corrected chi connectivity index (χ1v) is 8.13. The van der Waals surface area contributed by atoms with Crippen LogP contribution >= 0.6 is 23.1 Å². The van der Waals surface area contributed by atoms with Gasteiger partial charge >= 0.3 is 5.97 Å². The molecule has 0 unspecified atom stereocenters. The molecule has 0 spiro atoms. The molecule has 8 heteroatoms. The second-order valence-corrected chi connectivity index (χ2v) is 6.62. The van der Waals surface area contributed by atoms with E-state index in [4.69, 9.17) is 4.74 Å². The average molecular weight is 324 g/mol. The highest BCUT2D eigenvalue weighted by molar-refractivity contribution is 8.01. The van der Waals surface area contributed by atoms with Crippen LogP contribution in [-0.2, 0) is 4.74 Å². The molecule has 112 valence electrons. The molecule has 2 heterocycles. The maximum Gasteiger partial charge on any atom is 0.339 e. The van der Waals surface area contributed by atoms with Crippen LogP contribution in [-0.4, -0.2) is 33.8 Å². The third kappa shape index (κ3) is 4.68. The van der Waals surface area contributed by atoms with Crippen LogP contribution in [0.5, 0.6) is 0 Å². The number of aromatic nitrogens is 3. The van der Waals surface area contributed by atoms with E-state index in [0.29, 0.717) is 18.2 Å². The fourth-order valence-corrected chi connectivity index (χ4v) is 3.21. The van der Waals surface area contributed by atoms with E-state index in [1.54, 1.807) is 19.1 Å². The molecule has 2 aromatic rings. The monoisotopic (exact) mass is 324 g/mol. The molecule has 0 aliphatic heterocycles. The Morgan fingerprint density at radius 3 is 2.86 bits per heavy atom. The van der Waals surface area contributed by atoms with Crippen LogP contribution in [0.25, 0.3) is 0 Å². The van der Waals surface area contributed by atoms with E-state index in [1.165, 1.54) is 29.3 Å². The van der Waals surface area contributed by atoms with Crippen molar-refractivity contribution >= 4 is 34.2 Å². The minimum atomic E-state index is -0.360. The fourth-order valence-electron chi connectivity index (χ4n) is 1.42. The normalized spacial score (nSPS) is 10.7. The molecule has 0 bridgehead atoms. The Bertz CT molecular complexity index is 598. The molecule has 0 aromatic carbocycles. The molecular weight excluding hydrogens is 308 g/mol. The van der Waals surface area contributed by atoms with Gasteiger partial charge in [0.25, 0.3) is 0 Å². The summed E-state index contributed by atoms with van der Waals surface area (Å²) in [7, 11) is 0. The van der Waals surface area contributed by atoms with Gasteiger partial charge in [0.15, 0.2) is 4.34 Å². The lowest BCUT2D eigenvalue weighted by Crippen LogP contribution is -2.08.